The second-order valence-electron chi connectivity index (χ2n) is 6.96. The van der Waals surface area contributed by atoms with Gasteiger partial charge in [0.25, 0.3) is 0 Å². The predicted octanol–water partition coefficient (Wildman–Crippen LogP) is 6.43. The molecule has 0 aliphatic heterocycles. The molecule has 0 saturated heterocycles. The van der Waals surface area contributed by atoms with Gasteiger partial charge in [0.1, 0.15) is 11.3 Å². The van der Waals surface area contributed by atoms with Gasteiger partial charge in [0, 0.05) is 14.4 Å². The highest BCUT2D eigenvalue weighted by molar-refractivity contribution is 9.10. The Labute approximate surface area is 180 Å². The average Bonchev–Trinajstić information content (AvgIpc) is 2.91. The lowest BCUT2D eigenvalue weighted by atomic mass is 9.74. The first-order chi connectivity index (χ1) is 13.4. The summed E-state index contributed by atoms with van der Waals surface area (Å²) in [5.41, 5.74) is 5.25. The first-order valence-corrected chi connectivity index (χ1v) is 10.6. The van der Waals surface area contributed by atoms with E-state index in [2.05, 4.69) is 63.0 Å². The topological polar surface area (TPSA) is 46.5 Å². The molecule has 4 rings (SSSR count). The Morgan fingerprint density at radius 2 is 1.54 bits per heavy atom. The SMILES string of the molecule is CCOC(=O)c1cc(C2(C)c3cc(Br)ccc3-c3ccc(Br)cc32)ccc1O. The van der Waals surface area contributed by atoms with E-state index in [0.29, 0.717) is 0 Å². The summed E-state index contributed by atoms with van der Waals surface area (Å²) in [7, 11) is 0. The lowest BCUT2D eigenvalue weighted by Gasteiger charge is -2.29. The molecule has 3 aromatic carbocycles. The van der Waals surface area contributed by atoms with Crippen molar-refractivity contribution < 1.29 is 14.6 Å². The molecule has 28 heavy (non-hydrogen) atoms. The number of phenolic OH excluding ortho intramolecular Hbond substituents is 1. The number of carbonyl (C=O) groups is 1. The zero-order valence-corrected chi connectivity index (χ0v) is 18.6. The van der Waals surface area contributed by atoms with Gasteiger partial charge in [-0.25, -0.2) is 4.79 Å². The van der Waals surface area contributed by atoms with Crippen LogP contribution in [0, 0.1) is 0 Å². The van der Waals surface area contributed by atoms with Gasteiger partial charge in [-0.05, 0) is 78.1 Å². The second kappa shape index (κ2) is 7.05. The Morgan fingerprint density at radius 1 is 0.964 bits per heavy atom. The summed E-state index contributed by atoms with van der Waals surface area (Å²) in [6, 6.07) is 17.7. The number of rotatable bonds is 3. The summed E-state index contributed by atoms with van der Waals surface area (Å²) >= 11 is 7.19. The zero-order chi connectivity index (χ0) is 20.1. The molecule has 1 aliphatic carbocycles. The van der Waals surface area contributed by atoms with E-state index in [-0.39, 0.29) is 17.9 Å². The summed E-state index contributed by atoms with van der Waals surface area (Å²) in [5.74, 6) is -0.597. The molecule has 0 atom stereocenters. The predicted molar refractivity (Wildman–Crippen MR) is 117 cm³/mol. The van der Waals surface area contributed by atoms with Crippen LogP contribution in [0.4, 0.5) is 0 Å². The van der Waals surface area contributed by atoms with Gasteiger partial charge < -0.3 is 9.84 Å². The van der Waals surface area contributed by atoms with E-state index < -0.39 is 11.4 Å². The first-order valence-electron chi connectivity index (χ1n) is 8.97. The number of fused-ring (bicyclic) bond motifs is 3. The van der Waals surface area contributed by atoms with Gasteiger partial charge in [-0.1, -0.05) is 50.1 Å². The quantitative estimate of drug-likeness (QED) is 0.420. The van der Waals surface area contributed by atoms with Crippen molar-refractivity contribution in [1.82, 2.24) is 0 Å². The van der Waals surface area contributed by atoms with Crippen molar-refractivity contribution in [3.8, 4) is 16.9 Å². The monoisotopic (exact) mass is 500 g/mol. The summed E-state index contributed by atoms with van der Waals surface area (Å²) < 4.78 is 7.11. The maximum absolute atomic E-state index is 12.3. The third-order valence-electron chi connectivity index (χ3n) is 5.40. The number of hydrogen-bond donors (Lipinski definition) is 1. The summed E-state index contributed by atoms with van der Waals surface area (Å²) in [4.78, 5) is 12.3. The van der Waals surface area contributed by atoms with E-state index in [4.69, 9.17) is 4.74 Å². The van der Waals surface area contributed by atoms with Crippen LogP contribution < -0.4 is 0 Å². The zero-order valence-electron chi connectivity index (χ0n) is 15.4. The van der Waals surface area contributed by atoms with E-state index in [9.17, 15) is 9.90 Å². The molecule has 0 fully saturated rings. The fourth-order valence-electron chi connectivity index (χ4n) is 4.01. The molecule has 0 saturated carbocycles. The number of aromatic hydroxyl groups is 1. The molecular weight excluding hydrogens is 484 g/mol. The Morgan fingerprint density at radius 3 is 2.07 bits per heavy atom. The lowest BCUT2D eigenvalue weighted by Crippen LogP contribution is -2.23. The smallest absolute Gasteiger partial charge is 0.341 e. The fraction of sp³-hybridized carbons (Fsp3) is 0.174. The Hall–Kier alpha value is -2.11. The normalized spacial score (nSPS) is 13.7. The molecule has 0 radical (unpaired) electrons. The minimum absolute atomic E-state index is 0.0762. The van der Waals surface area contributed by atoms with E-state index in [1.165, 1.54) is 11.1 Å². The molecule has 3 nitrogen and oxygen atoms in total. The first kappa shape index (κ1) is 19.2. The van der Waals surface area contributed by atoms with Crippen LogP contribution in [0.15, 0.2) is 63.5 Å². The van der Waals surface area contributed by atoms with Gasteiger partial charge in [-0.2, -0.15) is 0 Å². The van der Waals surface area contributed by atoms with Gasteiger partial charge in [0.2, 0.25) is 0 Å². The molecule has 142 valence electrons. The van der Waals surface area contributed by atoms with E-state index in [1.807, 2.05) is 18.2 Å². The number of ether oxygens (including phenoxy) is 1. The standard InChI is InChI=1S/C23H18Br2O3/c1-3-28-22(27)18-10-13(4-9-21(18)26)23(2)19-11-14(24)5-7-16(19)17-8-6-15(25)12-20(17)23/h4-12,26H,3H2,1-2H3. The molecule has 0 amide bonds. The molecule has 0 aromatic heterocycles. The van der Waals surface area contributed by atoms with Crippen LogP contribution in [0.2, 0.25) is 0 Å². The van der Waals surface area contributed by atoms with Crippen LogP contribution in [0.25, 0.3) is 11.1 Å². The highest BCUT2D eigenvalue weighted by Crippen LogP contribution is 2.53. The van der Waals surface area contributed by atoms with E-state index in [1.54, 1.807) is 19.1 Å². The van der Waals surface area contributed by atoms with Crippen LogP contribution >= 0.6 is 31.9 Å². The largest absolute Gasteiger partial charge is 0.507 e. The number of hydrogen-bond acceptors (Lipinski definition) is 3. The molecular formula is C23H18Br2O3. The number of benzene rings is 3. The van der Waals surface area contributed by atoms with Crippen LogP contribution in [0.3, 0.4) is 0 Å². The fourth-order valence-corrected chi connectivity index (χ4v) is 4.73. The highest BCUT2D eigenvalue weighted by Gasteiger charge is 2.41. The van der Waals surface area contributed by atoms with Crippen molar-refractivity contribution >= 4 is 37.8 Å². The Balaban J connectivity index is 1.99. The average molecular weight is 502 g/mol. The number of halogens is 2. The third-order valence-corrected chi connectivity index (χ3v) is 6.39. The molecule has 0 spiro atoms. The maximum Gasteiger partial charge on any atom is 0.341 e. The van der Waals surface area contributed by atoms with Crippen molar-refractivity contribution in [3.05, 3.63) is 85.8 Å². The van der Waals surface area contributed by atoms with Gasteiger partial charge in [0.15, 0.2) is 0 Å². The second-order valence-corrected chi connectivity index (χ2v) is 8.79. The molecule has 0 heterocycles. The van der Waals surface area contributed by atoms with E-state index >= 15 is 0 Å². The van der Waals surface area contributed by atoms with Gasteiger partial charge >= 0.3 is 5.97 Å². The third kappa shape index (κ3) is 2.88. The number of phenols is 1. The minimum atomic E-state index is -0.521. The van der Waals surface area contributed by atoms with Crippen LogP contribution in [-0.2, 0) is 10.2 Å². The lowest BCUT2D eigenvalue weighted by molar-refractivity contribution is 0.0523. The van der Waals surface area contributed by atoms with Crippen LogP contribution in [-0.4, -0.2) is 17.7 Å². The maximum atomic E-state index is 12.3. The summed E-state index contributed by atoms with van der Waals surface area (Å²) in [6.07, 6.45) is 0. The number of esters is 1. The van der Waals surface area contributed by atoms with Crippen LogP contribution in [0.1, 0.15) is 40.9 Å². The van der Waals surface area contributed by atoms with Crippen molar-refractivity contribution in [2.24, 2.45) is 0 Å². The van der Waals surface area contributed by atoms with Crippen molar-refractivity contribution in [2.75, 3.05) is 6.61 Å². The Kier molecular flexibility index (Phi) is 4.84. The molecule has 1 aliphatic rings. The van der Waals surface area contributed by atoms with Gasteiger partial charge in [-0.15, -0.1) is 0 Å². The minimum Gasteiger partial charge on any atom is -0.507 e. The molecule has 1 N–H and O–H groups in total. The van der Waals surface area contributed by atoms with Crippen LogP contribution in [0.5, 0.6) is 5.75 Å². The molecule has 5 heteroatoms. The van der Waals surface area contributed by atoms with Gasteiger partial charge in [-0.3, -0.25) is 0 Å². The molecule has 0 bridgehead atoms. The van der Waals surface area contributed by atoms with Crippen molar-refractivity contribution in [3.63, 3.8) is 0 Å². The highest BCUT2D eigenvalue weighted by atomic mass is 79.9. The van der Waals surface area contributed by atoms with Gasteiger partial charge in [0.05, 0.1) is 6.61 Å². The summed E-state index contributed by atoms with van der Waals surface area (Å²) in [5, 5.41) is 10.2. The molecule has 3 aromatic rings. The van der Waals surface area contributed by atoms with Crippen molar-refractivity contribution in [2.45, 2.75) is 19.3 Å². The van der Waals surface area contributed by atoms with E-state index in [0.717, 1.165) is 25.6 Å². The van der Waals surface area contributed by atoms with Crippen molar-refractivity contribution in [1.29, 1.82) is 0 Å². The summed E-state index contributed by atoms with van der Waals surface area (Å²) in [6.45, 7) is 4.15. The molecule has 0 unspecified atom stereocenters. The Bertz CT molecular complexity index is 1050. The number of carbonyl (C=O) groups excluding carboxylic acids is 1.